The van der Waals surface area contributed by atoms with E-state index in [4.69, 9.17) is 4.74 Å². The molecule has 2 heterocycles. The third-order valence-electron chi connectivity index (χ3n) is 3.99. The van der Waals surface area contributed by atoms with Crippen LogP contribution in [0.3, 0.4) is 0 Å². The number of rotatable bonds is 5. The smallest absolute Gasteiger partial charge is 0.412 e. The second-order valence-corrected chi connectivity index (χ2v) is 7.74. The largest absolute Gasteiger partial charge is 0.444 e. The number of benzene rings is 1. The Morgan fingerprint density at radius 2 is 1.86 bits per heavy atom. The zero-order chi connectivity index (χ0) is 19.7. The summed E-state index contributed by atoms with van der Waals surface area (Å²) in [5.74, 6) is 1.20. The van der Waals surface area contributed by atoms with Crippen LogP contribution >= 0.6 is 0 Å². The van der Waals surface area contributed by atoms with Gasteiger partial charge in [0.1, 0.15) is 11.1 Å². The zero-order valence-electron chi connectivity index (χ0n) is 16.0. The van der Waals surface area contributed by atoms with E-state index in [2.05, 4.69) is 35.9 Å². The minimum Gasteiger partial charge on any atom is -0.444 e. The maximum absolute atomic E-state index is 11.8. The lowest BCUT2D eigenvalue weighted by molar-refractivity contribution is 0.0636. The fourth-order valence-electron chi connectivity index (χ4n) is 2.60. The number of ether oxygens (including phenoxy) is 1. The molecule has 1 amide bonds. The third kappa shape index (κ3) is 4.48. The molecule has 0 spiro atoms. The summed E-state index contributed by atoms with van der Waals surface area (Å²) < 4.78 is 5.25. The van der Waals surface area contributed by atoms with Crippen LogP contribution in [0.25, 0.3) is 11.2 Å². The number of carbonyl (C=O) groups is 1. The number of imidazole rings is 1. The van der Waals surface area contributed by atoms with Crippen LogP contribution in [0, 0.1) is 0 Å². The summed E-state index contributed by atoms with van der Waals surface area (Å²) in [4.78, 5) is 28.2. The normalized spacial score (nSPS) is 14.0. The zero-order valence-corrected chi connectivity index (χ0v) is 16.0. The van der Waals surface area contributed by atoms with Crippen molar-refractivity contribution in [2.75, 3.05) is 16.0 Å². The number of aromatic nitrogens is 4. The Morgan fingerprint density at radius 3 is 2.54 bits per heavy atom. The summed E-state index contributed by atoms with van der Waals surface area (Å²) >= 11 is 0. The molecule has 4 rings (SSSR count). The van der Waals surface area contributed by atoms with Crippen molar-refractivity contribution in [1.29, 1.82) is 0 Å². The number of nitrogens with zero attached hydrogens (tertiary/aromatic N) is 3. The predicted molar refractivity (Wildman–Crippen MR) is 108 cm³/mol. The third-order valence-corrected chi connectivity index (χ3v) is 3.99. The highest BCUT2D eigenvalue weighted by Gasteiger charge is 2.23. The topological polar surface area (TPSA) is 117 Å². The molecule has 1 fully saturated rings. The van der Waals surface area contributed by atoms with E-state index < -0.39 is 11.7 Å². The van der Waals surface area contributed by atoms with Crippen LogP contribution in [-0.2, 0) is 4.74 Å². The molecule has 1 aliphatic carbocycles. The first-order valence-electron chi connectivity index (χ1n) is 9.20. The van der Waals surface area contributed by atoms with Crippen LogP contribution in [0.1, 0.15) is 33.6 Å². The number of aromatic amines is 1. The number of hydrogen-bond acceptors (Lipinski definition) is 7. The highest BCUT2D eigenvalue weighted by molar-refractivity contribution is 5.86. The molecule has 0 aliphatic heterocycles. The Kier molecular flexibility index (Phi) is 4.50. The number of amides is 1. The Hall–Kier alpha value is -3.36. The first kappa shape index (κ1) is 18.0. The summed E-state index contributed by atoms with van der Waals surface area (Å²) in [5, 5.41) is 9.28. The van der Waals surface area contributed by atoms with E-state index in [0.717, 1.165) is 29.9 Å². The summed E-state index contributed by atoms with van der Waals surface area (Å²) in [7, 11) is 0. The van der Waals surface area contributed by atoms with Gasteiger partial charge in [0.25, 0.3) is 0 Å². The molecule has 2 aromatic heterocycles. The van der Waals surface area contributed by atoms with Crippen molar-refractivity contribution in [3.05, 3.63) is 30.6 Å². The summed E-state index contributed by atoms with van der Waals surface area (Å²) in [6, 6.07) is 7.69. The molecule has 1 saturated carbocycles. The maximum Gasteiger partial charge on any atom is 0.412 e. The van der Waals surface area contributed by atoms with E-state index in [1.807, 2.05) is 32.9 Å². The molecule has 3 aromatic rings. The van der Waals surface area contributed by atoms with Gasteiger partial charge in [-0.25, -0.2) is 9.78 Å². The Labute approximate surface area is 162 Å². The minimum atomic E-state index is -0.542. The number of H-pyrrole nitrogens is 1. The van der Waals surface area contributed by atoms with Crippen LogP contribution in [0.2, 0.25) is 0 Å². The van der Waals surface area contributed by atoms with E-state index in [0.29, 0.717) is 23.3 Å². The van der Waals surface area contributed by atoms with Gasteiger partial charge < -0.3 is 20.4 Å². The van der Waals surface area contributed by atoms with Crippen molar-refractivity contribution in [2.24, 2.45) is 0 Å². The predicted octanol–water partition coefficient (Wildman–Crippen LogP) is 4.02. The highest BCUT2D eigenvalue weighted by atomic mass is 16.6. The SMILES string of the molecule is CC(C)(C)OC(=O)Nc1ccc(Nc2nc(NC3CC3)c3[nH]cnc3n2)cc1. The fraction of sp³-hybridized carbons (Fsp3) is 0.368. The van der Waals surface area contributed by atoms with E-state index in [9.17, 15) is 4.79 Å². The number of carbonyl (C=O) groups excluding carboxylic acids is 1. The molecule has 4 N–H and O–H groups in total. The number of hydrogen-bond donors (Lipinski definition) is 4. The molecule has 1 aliphatic rings. The van der Waals surface area contributed by atoms with Gasteiger partial charge in [-0.1, -0.05) is 0 Å². The Bertz CT molecular complexity index is 988. The van der Waals surface area contributed by atoms with E-state index in [-0.39, 0.29) is 0 Å². The van der Waals surface area contributed by atoms with Gasteiger partial charge in [-0.05, 0) is 57.9 Å². The fourth-order valence-corrected chi connectivity index (χ4v) is 2.60. The molecule has 0 saturated heterocycles. The summed E-state index contributed by atoms with van der Waals surface area (Å²) in [6.45, 7) is 5.46. The molecule has 0 bridgehead atoms. The number of anilines is 4. The van der Waals surface area contributed by atoms with Gasteiger partial charge in [0.15, 0.2) is 11.5 Å². The van der Waals surface area contributed by atoms with Crippen molar-refractivity contribution in [3.8, 4) is 0 Å². The van der Waals surface area contributed by atoms with Crippen LogP contribution in [0.15, 0.2) is 30.6 Å². The average Bonchev–Trinajstić information content (AvgIpc) is 3.28. The van der Waals surface area contributed by atoms with Crippen molar-refractivity contribution in [3.63, 3.8) is 0 Å². The molecular weight excluding hydrogens is 358 g/mol. The quantitative estimate of drug-likeness (QED) is 0.527. The Balaban J connectivity index is 1.46. The molecule has 0 atom stereocenters. The number of fused-ring (bicyclic) bond motifs is 1. The lowest BCUT2D eigenvalue weighted by Gasteiger charge is -2.19. The molecule has 9 nitrogen and oxygen atoms in total. The Morgan fingerprint density at radius 1 is 1.14 bits per heavy atom. The van der Waals surface area contributed by atoms with Gasteiger partial charge in [-0.15, -0.1) is 0 Å². The van der Waals surface area contributed by atoms with Crippen molar-refractivity contribution in [1.82, 2.24) is 19.9 Å². The van der Waals surface area contributed by atoms with Gasteiger partial charge in [0, 0.05) is 17.4 Å². The number of nitrogens with one attached hydrogen (secondary N) is 4. The highest BCUT2D eigenvalue weighted by Crippen LogP contribution is 2.28. The van der Waals surface area contributed by atoms with Gasteiger partial charge in [0.05, 0.1) is 6.33 Å². The van der Waals surface area contributed by atoms with Gasteiger partial charge >= 0.3 is 6.09 Å². The summed E-state index contributed by atoms with van der Waals surface area (Å²) in [6.07, 6.45) is 3.41. The molecule has 1 aromatic carbocycles. The van der Waals surface area contributed by atoms with Crippen molar-refractivity contribution >= 4 is 40.4 Å². The average molecular weight is 381 g/mol. The first-order valence-corrected chi connectivity index (χ1v) is 9.20. The minimum absolute atomic E-state index is 0.454. The maximum atomic E-state index is 11.8. The molecule has 28 heavy (non-hydrogen) atoms. The standard InChI is InChI=1S/C19H23N7O2/c1-19(2,3)28-18(27)24-13-8-6-12(7-9-13)23-17-25-15-14(20-10-21-15)16(26-17)22-11-4-5-11/h6-11H,4-5H2,1-3H3,(H,24,27)(H3,20,21,22,23,25,26). The monoisotopic (exact) mass is 381 g/mol. The van der Waals surface area contributed by atoms with Crippen LogP contribution in [-0.4, -0.2) is 37.7 Å². The lowest BCUT2D eigenvalue weighted by Crippen LogP contribution is -2.27. The van der Waals surface area contributed by atoms with Gasteiger partial charge in [-0.2, -0.15) is 9.97 Å². The van der Waals surface area contributed by atoms with E-state index in [1.165, 1.54) is 0 Å². The first-order chi connectivity index (χ1) is 13.4. The van der Waals surface area contributed by atoms with Crippen LogP contribution in [0.5, 0.6) is 0 Å². The van der Waals surface area contributed by atoms with E-state index >= 15 is 0 Å². The van der Waals surface area contributed by atoms with Crippen LogP contribution in [0.4, 0.5) is 27.9 Å². The van der Waals surface area contributed by atoms with Gasteiger partial charge in [0.2, 0.25) is 5.95 Å². The van der Waals surface area contributed by atoms with Crippen molar-refractivity contribution in [2.45, 2.75) is 45.3 Å². The molecule has 146 valence electrons. The molecule has 0 radical (unpaired) electrons. The molecule has 9 heteroatoms. The second kappa shape index (κ2) is 6.99. The van der Waals surface area contributed by atoms with Crippen molar-refractivity contribution < 1.29 is 9.53 Å². The molecular formula is C19H23N7O2. The summed E-state index contributed by atoms with van der Waals surface area (Å²) in [5.41, 5.74) is 2.29. The second-order valence-electron chi connectivity index (χ2n) is 7.74. The van der Waals surface area contributed by atoms with E-state index in [1.54, 1.807) is 18.5 Å². The lowest BCUT2D eigenvalue weighted by atomic mass is 10.2. The van der Waals surface area contributed by atoms with Crippen LogP contribution < -0.4 is 16.0 Å². The van der Waals surface area contributed by atoms with Gasteiger partial charge in [-0.3, -0.25) is 5.32 Å². The molecule has 0 unspecified atom stereocenters.